The first kappa shape index (κ1) is 5.28. The molecule has 5 heteroatoms. The summed E-state index contributed by atoms with van der Waals surface area (Å²) >= 11 is 0. The average molecular weight is 139 g/mol. The Kier molecular flexibility index (Phi) is 0.913. The van der Waals surface area contributed by atoms with Crippen molar-refractivity contribution in [2.75, 3.05) is 7.11 Å². The monoisotopic (exact) mass is 139 g/mol. The van der Waals surface area contributed by atoms with Gasteiger partial charge in [0.1, 0.15) is 7.11 Å². The van der Waals surface area contributed by atoms with Gasteiger partial charge in [-0.1, -0.05) is 4.85 Å². The number of oxazole rings is 1. The zero-order valence-electron chi connectivity index (χ0n) is 5.31. The molecule has 52 valence electrons. The van der Waals surface area contributed by atoms with Crippen LogP contribution in [0.25, 0.3) is 11.2 Å². The van der Waals surface area contributed by atoms with E-state index >= 15 is 0 Å². The van der Waals surface area contributed by atoms with E-state index in [2.05, 4.69) is 10.1 Å². The summed E-state index contributed by atoms with van der Waals surface area (Å²) in [7, 11) is 1.51. The van der Waals surface area contributed by atoms with E-state index in [-0.39, 0.29) is 0 Å². The Balaban J connectivity index is 2.76. The van der Waals surface area contributed by atoms with E-state index in [4.69, 9.17) is 9.25 Å². The van der Waals surface area contributed by atoms with Crippen LogP contribution in [-0.2, 0) is 0 Å². The minimum Gasteiger partial charge on any atom is -0.423 e. The molecular formula is C5H5N3O2. The van der Waals surface area contributed by atoms with Crippen LogP contribution in [0.3, 0.4) is 0 Å². The number of rotatable bonds is 1. The number of nitrogens with zero attached hydrogens (tertiary/aromatic N) is 3. The van der Waals surface area contributed by atoms with Crippen LogP contribution in [0, 0.1) is 0 Å². The Morgan fingerprint density at radius 2 is 2.60 bits per heavy atom. The Labute approximate surface area is 56.2 Å². The number of fused-ring (bicyclic) bond motifs is 1. The normalized spacial score (nSPS) is 10.5. The van der Waals surface area contributed by atoms with E-state index in [9.17, 15) is 0 Å². The molecule has 0 bridgehead atoms. The van der Waals surface area contributed by atoms with E-state index in [1.54, 1.807) is 6.20 Å². The SMILES string of the molecule is COn1ncc2ncoc21. The highest BCUT2D eigenvalue weighted by Crippen LogP contribution is 2.08. The van der Waals surface area contributed by atoms with Gasteiger partial charge in [0, 0.05) is 0 Å². The topological polar surface area (TPSA) is 53.1 Å². The summed E-state index contributed by atoms with van der Waals surface area (Å²) in [4.78, 5) is 9.92. The molecule has 0 radical (unpaired) electrons. The van der Waals surface area contributed by atoms with Crippen molar-refractivity contribution in [3.05, 3.63) is 12.6 Å². The molecule has 0 aliphatic heterocycles. The van der Waals surface area contributed by atoms with Gasteiger partial charge >= 0.3 is 0 Å². The Morgan fingerprint density at radius 1 is 1.70 bits per heavy atom. The zero-order chi connectivity index (χ0) is 6.97. The highest BCUT2D eigenvalue weighted by Gasteiger charge is 2.04. The van der Waals surface area contributed by atoms with Crippen molar-refractivity contribution in [2.45, 2.75) is 0 Å². The summed E-state index contributed by atoms with van der Waals surface area (Å²) < 4.78 is 4.94. The van der Waals surface area contributed by atoms with Gasteiger partial charge in [-0.2, -0.15) is 0 Å². The fourth-order valence-corrected chi connectivity index (χ4v) is 0.770. The van der Waals surface area contributed by atoms with Gasteiger partial charge in [0.2, 0.25) is 0 Å². The van der Waals surface area contributed by atoms with Crippen LogP contribution in [0.5, 0.6) is 0 Å². The van der Waals surface area contributed by atoms with E-state index < -0.39 is 0 Å². The van der Waals surface area contributed by atoms with Crippen LogP contribution in [0.1, 0.15) is 0 Å². The van der Waals surface area contributed by atoms with Crippen molar-refractivity contribution < 1.29 is 9.25 Å². The third kappa shape index (κ3) is 0.513. The molecule has 0 N–H and O–H groups in total. The predicted molar refractivity (Wildman–Crippen MR) is 32.3 cm³/mol. The predicted octanol–water partition coefficient (Wildman–Crippen LogP) is 0.0827. The summed E-state index contributed by atoms with van der Waals surface area (Å²) in [6, 6.07) is 0. The lowest BCUT2D eigenvalue weighted by Gasteiger charge is -1.92. The molecule has 2 rings (SSSR count). The first-order valence-electron chi connectivity index (χ1n) is 2.73. The minimum absolute atomic E-state index is 0.530. The summed E-state index contributed by atoms with van der Waals surface area (Å²) in [5.41, 5.74) is 1.23. The van der Waals surface area contributed by atoms with Crippen LogP contribution in [0.4, 0.5) is 0 Å². The van der Waals surface area contributed by atoms with Crippen LogP contribution < -0.4 is 4.84 Å². The molecule has 0 amide bonds. The molecule has 0 saturated carbocycles. The largest absolute Gasteiger partial charge is 0.423 e. The Morgan fingerprint density at radius 3 is 3.40 bits per heavy atom. The van der Waals surface area contributed by atoms with Gasteiger partial charge in [-0.15, -0.1) is 5.10 Å². The van der Waals surface area contributed by atoms with Gasteiger partial charge in [0.15, 0.2) is 11.9 Å². The van der Waals surface area contributed by atoms with Gasteiger partial charge in [-0.05, 0) is 0 Å². The lowest BCUT2D eigenvalue weighted by molar-refractivity contribution is 0.135. The summed E-state index contributed by atoms with van der Waals surface area (Å²) in [5.74, 6) is 0. The molecule has 0 unspecified atom stereocenters. The van der Waals surface area contributed by atoms with Gasteiger partial charge in [-0.25, -0.2) is 4.98 Å². The lowest BCUT2D eigenvalue weighted by atomic mass is 10.6. The zero-order valence-corrected chi connectivity index (χ0v) is 5.31. The summed E-state index contributed by atoms with van der Waals surface area (Å²) in [6.45, 7) is 0. The lowest BCUT2D eigenvalue weighted by Crippen LogP contribution is -2.05. The van der Waals surface area contributed by atoms with Crippen LogP contribution in [0.15, 0.2) is 17.0 Å². The second-order valence-corrected chi connectivity index (χ2v) is 1.74. The van der Waals surface area contributed by atoms with Crippen molar-refractivity contribution in [3.63, 3.8) is 0 Å². The first-order chi connectivity index (χ1) is 4.92. The molecule has 0 atom stereocenters. The molecule has 0 spiro atoms. The standard InChI is InChI=1S/C5H5N3O2/c1-9-8-5-4(2-7-8)6-3-10-5/h2-3H,1H3. The Hall–Kier alpha value is -1.52. The highest BCUT2D eigenvalue weighted by molar-refractivity contribution is 5.66. The highest BCUT2D eigenvalue weighted by atomic mass is 16.7. The fraction of sp³-hybridized carbons (Fsp3) is 0.200. The molecule has 2 heterocycles. The van der Waals surface area contributed by atoms with Crippen LogP contribution in [-0.4, -0.2) is 22.0 Å². The summed E-state index contributed by atoms with van der Waals surface area (Å²) in [5, 5.41) is 3.81. The van der Waals surface area contributed by atoms with Gasteiger partial charge < -0.3 is 9.25 Å². The fourth-order valence-electron chi connectivity index (χ4n) is 0.770. The second-order valence-electron chi connectivity index (χ2n) is 1.74. The molecule has 10 heavy (non-hydrogen) atoms. The molecule has 0 saturated heterocycles. The van der Waals surface area contributed by atoms with E-state index in [0.29, 0.717) is 11.2 Å². The quantitative estimate of drug-likeness (QED) is 0.561. The Bertz CT molecular complexity index is 337. The average Bonchev–Trinajstić information content (AvgIpc) is 2.44. The van der Waals surface area contributed by atoms with Gasteiger partial charge in [0.25, 0.3) is 5.71 Å². The number of hydrogen-bond donors (Lipinski definition) is 0. The molecule has 0 aliphatic rings. The third-order valence-corrected chi connectivity index (χ3v) is 1.21. The van der Waals surface area contributed by atoms with Crippen molar-refractivity contribution in [3.8, 4) is 0 Å². The van der Waals surface area contributed by atoms with Gasteiger partial charge in [0.05, 0.1) is 6.20 Å². The molecule has 5 nitrogen and oxygen atoms in total. The smallest absolute Gasteiger partial charge is 0.283 e. The molecule has 2 aromatic heterocycles. The molecule has 0 aromatic carbocycles. The maximum absolute atomic E-state index is 4.94. The molecular weight excluding hydrogens is 134 g/mol. The maximum Gasteiger partial charge on any atom is 0.283 e. The molecule has 0 fully saturated rings. The van der Waals surface area contributed by atoms with Gasteiger partial charge in [-0.3, -0.25) is 0 Å². The summed E-state index contributed by atoms with van der Waals surface area (Å²) in [6.07, 6.45) is 2.92. The number of hydrogen-bond acceptors (Lipinski definition) is 4. The second kappa shape index (κ2) is 1.73. The number of aromatic nitrogens is 3. The van der Waals surface area contributed by atoms with Crippen LogP contribution >= 0.6 is 0 Å². The van der Waals surface area contributed by atoms with E-state index in [1.165, 1.54) is 18.3 Å². The minimum atomic E-state index is 0.530. The van der Waals surface area contributed by atoms with Crippen molar-refractivity contribution >= 4 is 11.2 Å². The van der Waals surface area contributed by atoms with Crippen molar-refractivity contribution in [1.82, 2.24) is 14.9 Å². The van der Waals surface area contributed by atoms with Crippen LogP contribution in [0.2, 0.25) is 0 Å². The van der Waals surface area contributed by atoms with E-state index in [1.807, 2.05) is 0 Å². The maximum atomic E-state index is 4.94. The van der Waals surface area contributed by atoms with Crippen molar-refractivity contribution in [2.24, 2.45) is 0 Å². The molecule has 2 aromatic rings. The third-order valence-electron chi connectivity index (χ3n) is 1.21. The first-order valence-corrected chi connectivity index (χ1v) is 2.73. The van der Waals surface area contributed by atoms with E-state index in [0.717, 1.165) is 0 Å². The van der Waals surface area contributed by atoms with Crippen molar-refractivity contribution in [1.29, 1.82) is 0 Å². The molecule has 0 aliphatic carbocycles.